The summed E-state index contributed by atoms with van der Waals surface area (Å²) in [6.07, 6.45) is 3.68. The Kier molecular flexibility index (Phi) is 4.08. The van der Waals surface area contributed by atoms with Crippen molar-refractivity contribution in [3.63, 3.8) is 0 Å². The van der Waals surface area contributed by atoms with Crippen molar-refractivity contribution in [2.75, 3.05) is 11.6 Å². The molecule has 2 aromatic rings. The Morgan fingerprint density at radius 3 is 2.78 bits per heavy atom. The fraction of sp³-hybridized carbons (Fsp3) is 0.167. The first kappa shape index (κ1) is 13.2. The summed E-state index contributed by atoms with van der Waals surface area (Å²) in [6.45, 7) is 1.81. The van der Waals surface area contributed by atoms with Crippen LogP contribution in [0.15, 0.2) is 38.4 Å². The number of anilines is 1. The van der Waals surface area contributed by atoms with Gasteiger partial charge in [0, 0.05) is 16.7 Å². The molecule has 18 heavy (non-hydrogen) atoms. The van der Waals surface area contributed by atoms with E-state index >= 15 is 0 Å². The Bertz CT molecular complexity index is 566. The lowest BCUT2D eigenvalue weighted by atomic mass is 10.3. The van der Waals surface area contributed by atoms with Gasteiger partial charge in [0.2, 0.25) is 0 Å². The van der Waals surface area contributed by atoms with Crippen molar-refractivity contribution in [2.45, 2.75) is 11.8 Å². The van der Waals surface area contributed by atoms with Crippen LogP contribution in [0.2, 0.25) is 0 Å². The second kappa shape index (κ2) is 5.58. The van der Waals surface area contributed by atoms with Crippen LogP contribution in [0.4, 0.5) is 5.82 Å². The second-order valence-corrected chi connectivity index (χ2v) is 5.26. The molecule has 6 heteroatoms. The van der Waals surface area contributed by atoms with Crippen molar-refractivity contribution >= 4 is 39.4 Å². The number of nitrogens with zero attached hydrogens (tertiary/aromatic N) is 1. The lowest BCUT2D eigenvalue weighted by molar-refractivity contribution is 0.0994. The van der Waals surface area contributed by atoms with E-state index < -0.39 is 0 Å². The van der Waals surface area contributed by atoms with Crippen LogP contribution in [-0.2, 0) is 0 Å². The number of carbonyl (C=O) groups is 1. The van der Waals surface area contributed by atoms with E-state index in [0.29, 0.717) is 10.5 Å². The lowest BCUT2D eigenvalue weighted by Crippen LogP contribution is -2.13. The zero-order valence-corrected chi connectivity index (χ0v) is 12.3. The summed E-state index contributed by atoms with van der Waals surface area (Å²) in [6, 6.07) is 5.41. The van der Waals surface area contributed by atoms with Gasteiger partial charge in [-0.3, -0.25) is 4.79 Å². The second-order valence-electron chi connectivity index (χ2n) is 3.60. The van der Waals surface area contributed by atoms with Crippen LogP contribution >= 0.6 is 27.7 Å². The molecule has 2 rings (SSSR count). The van der Waals surface area contributed by atoms with Crippen molar-refractivity contribution in [3.05, 3.63) is 40.4 Å². The summed E-state index contributed by atoms with van der Waals surface area (Å²) in [5, 5.41) is 2.69. The number of hydrogen-bond donors (Lipinski definition) is 1. The van der Waals surface area contributed by atoms with Crippen LogP contribution in [0.1, 0.15) is 16.1 Å². The minimum atomic E-state index is -0.303. The highest BCUT2D eigenvalue weighted by atomic mass is 79.9. The number of hydrogen-bond acceptors (Lipinski definition) is 4. The minimum Gasteiger partial charge on any atom is -0.444 e. The summed E-state index contributed by atoms with van der Waals surface area (Å²) >= 11 is 4.79. The summed E-state index contributed by atoms with van der Waals surface area (Å²) in [5.41, 5.74) is 0.778. The predicted octanol–water partition coefficient (Wildman–Crippen LogP) is 3.72. The number of halogens is 1. The number of aryl methyl sites for hydroxylation is 1. The Hall–Kier alpha value is -1.27. The molecule has 0 aliphatic carbocycles. The maximum atomic E-state index is 11.9. The van der Waals surface area contributed by atoms with Crippen LogP contribution < -0.4 is 5.32 Å². The summed E-state index contributed by atoms with van der Waals surface area (Å²) in [7, 11) is 0. The molecule has 4 nitrogen and oxygen atoms in total. The molecule has 0 bridgehead atoms. The number of furan rings is 1. The fourth-order valence-electron chi connectivity index (χ4n) is 1.42. The van der Waals surface area contributed by atoms with Crippen LogP contribution in [0.25, 0.3) is 0 Å². The highest BCUT2D eigenvalue weighted by Gasteiger charge is 2.15. The molecule has 0 aliphatic rings. The molecular formula is C12H11BrN2O2S. The van der Waals surface area contributed by atoms with Crippen molar-refractivity contribution < 1.29 is 9.21 Å². The first-order chi connectivity index (χ1) is 8.60. The molecule has 2 heterocycles. The van der Waals surface area contributed by atoms with Gasteiger partial charge in [0.05, 0.1) is 0 Å². The summed E-state index contributed by atoms with van der Waals surface area (Å²) in [4.78, 5) is 17.1. The average Bonchev–Trinajstić information content (AvgIpc) is 2.69. The van der Waals surface area contributed by atoms with Gasteiger partial charge in [-0.2, -0.15) is 0 Å². The van der Waals surface area contributed by atoms with E-state index in [-0.39, 0.29) is 11.7 Å². The quantitative estimate of drug-likeness (QED) is 0.873. The Balaban J connectivity index is 2.13. The number of nitrogens with one attached hydrogen (secondary N) is 1. The predicted molar refractivity (Wildman–Crippen MR) is 75.1 cm³/mol. The SMILES string of the molecule is CSc1ccc(NC(=O)c2oc(Br)cc2C)nc1. The van der Waals surface area contributed by atoms with Gasteiger partial charge in [-0.15, -0.1) is 11.8 Å². The van der Waals surface area contributed by atoms with Gasteiger partial charge in [-0.05, 0) is 47.3 Å². The van der Waals surface area contributed by atoms with Crippen molar-refractivity contribution in [2.24, 2.45) is 0 Å². The third kappa shape index (κ3) is 2.94. The molecule has 0 aromatic carbocycles. The highest BCUT2D eigenvalue weighted by molar-refractivity contribution is 9.10. The summed E-state index contributed by atoms with van der Waals surface area (Å²) < 4.78 is 5.80. The van der Waals surface area contributed by atoms with E-state index in [1.165, 1.54) is 0 Å². The van der Waals surface area contributed by atoms with Crippen molar-refractivity contribution in [1.29, 1.82) is 0 Å². The van der Waals surface area contributed by atoms with E-state index in [4.69, 9.17) is 4.42 Å². The van der Waals surface area contributed by atoms with E-state index in [9.17, 15) is 4.79 Å². The smallest absolute Gasteiger partial charge is 0.292 e. The fourth-order valence-corrected chi connectivity index (χ4v) is 2.28. The molecule has 0 fully saturated rings. The maximum Gasteiger partial charge on any atom is 0.292 e. The Morgan fingerprint density at radius 2 is 2.28 bits per heavy atom. The number of thioether (sulfide) groups is 1. The van der Waals surface area contributed by atoms with E-state index in [1.54, 1.807) is 30.1 Å². The van der Waals surface area contributed by atoms with Crippen LogP contribution in [0.5, 0.6) is 0 Å². The zero-order valence-electron chi connectivity index (χ0n) is 9.86. The normalized spacial score (nSPS) is 10.4. The standard InChI is InChI=1S/C12H11BrN2O2S/c1-7-5-9(13)17-11(7)12(16)15-10-4-3-8(18-2)6-14-10/h3-6H,1-2H3,(H,14,15,16). The summed E-state index contributed by atoms with van der Waals surface area (Å²) in [5.74, 6) is 0.491. The molecule has 94 valence electrons. The molecule has 0 aliphatic heterocycles. The molecule has 0 radical (unpaired) electrons. The molecule has 2 aromatic heterocycles. The molecule has 1 amide bonds. The molecular weight excluding hydrogens is 316 g/mol. The molecule has 0 saturated carbocycles. The molecule has 0 atom stereocenters. The van der Waals surface area contributed by atoms with Crippen LogP contribution in [0.3, 0.4) is 0 Å². The van der Waals surface area contributed by atoms with Gasteiger partial charge in [0.25, 0.3) is 5.91 Å². The molecule has 0 unspecified atom stereocenters. The Labute approximate surface area is 117 Å². The number of aromatic nitrogens is 1. The number of rotatable bonds is 3. The van der Waals surface area contributed by atoms with Gasteiger partial charge < -0.3 is 9.73 Å². The number of carbonyl (C=O) groups excluding carboxylic acids is 1. The highest BCUT2D eigenvalue weighted by Crippen LogP contribution is 2.21. The van der Waals surface area contributed by atoms with Gasteiger partial charge in [0.15, 0.2) is 10.4 Å². The van der Waals surface area contributed by atoms with Gasteiger partial charge in [-0.25, -0.2) is 4.98 Å². The van der Waals surface area contributed by atoms with Gasteiger partial charge in [0.1, 0.15) is 5.82 Å². The van der Waals surface area contributed by atoms with Gasteiger partial charge in [-0.1, -0.05) is 0 Å². The topological polar surface area (TPSA) is 55.1 Å². The molecule has 0 saturated heterocycles. The largest absolute Gasteiger partial charge is 0.444 e. The number of pyridine rings is 1. The first-order valence-corrected chi connectivity index (χ1v) is 7.19. The third-order valence-corrected chi connectivity index (χ3v) is 3.41. The maximum absolute atomic E-state index is 11.9. The van der Waals surface area contributed by atoms with Gasteiger partial charge >= 0.3 is 0 Å². The van der Waals surface area contributed by atoms with E-state index in [1.807, 2.05) is 19.2 Å². The lowest BCUT2D eigenvalue weighted by Gasteiger charge is -2.03. The van der Waals surface area contributed by atoms with Crippen molar-refractivity contribution in [3.8, 4) is 0 Å². The van der Waals surface area contributed by atoms with Crippen molar-refractivity contribution in [1.82, 2.24) is 4.98 Å². The first-order valence-electron chi connectivity index (χ1n) is 5.17. The zero-order chi connectivity index (χ0) is 13.1. The van der Waals surface area contributed by atoms with Crippen LogP contribution in [-0.4, -0.2) is 17.1 Å². The average molecular weight is 327 g/mol. The van der Waals surface area contributed by atoms with Crippen LogP contribution in [0, 0.1) is 6.92 Å². The van der Waals surface area contributed by atoms with E-state index in [0.717, 1.165) is 10.5 Å². The van der Waals surface area contributed by atoms with E-state index in [2.05, 4.69) is 26.2 Å². The monoisotopic (exact) mass is 326 g/mol. The minimum absolute atomic E-state index is 0.289. The Morgan fingerprint density at radius 1 is 1.50 bits per heavy atom. The third-order valence-electron chi connectivity index (χ3n) is 2.31. The molecule has 1 N–H and O–H groups in total. The number of amides is 1. The molecule has 0 spiro atoms.